The third-order valence-corrected chi connectivity index (χ3v) is 1.82. The van der Waals surface area contributed by atoms with Gasteiger partial charge in [-0.1, -0.05) is 13.8 Å². The average Bonchev–Trinajstić information content (AvgIpc) is 2.13. The van der Waals surface area contributed by atoms with Gasteiger partial charge in [0, 0.05) is 0 Å². The molecule has 0 aliphatic rings. The second-order valence-corrected chi connectivity index (χ2v) is 3.93. The molecule has 0 amide bonds. The summed E-state index contributed by atoms with van der Waals surface area (Å²) in [6.45, 7) is 2.98. The summed E-state index contributed by atoms with van der Waals surface area (Å²) in [6.07, 6.45) is -8.52. The number of halogens is 5. The van der Waals surface area contributed by atoms with Crippen molar-refractivity contribution in [3.63, 3.8) is 0 Å². The van der Waals surface area contributed by atoms with Crippen molar-refractivity contribution >= 4 is 11.9 Å². The lowest BCUT2D eigenvalue weighted by molar-refractivity contribution is -0.282. The van der Waals surface area contributed by atoms with E-state index in [2.05, 4.69) is 4.74 Å². The Morgan fingerprint density at radius 1 is 1.17 bits per heavy atom. The molecule has 0 aromatic rings. The first-order chi connectivity index (χ1) is 7.89. The second kappa shape index (κ2) is 5.49. The highest BCUT2D eigenvalue weighted by atomic mass is 19.4. The van der Waals surface area contributed by atoms with E-state index in [1.165, 1.54) is 13.8 Å². The molecule has 0 saturated carbocycles. The van der Waals surface area contributed by atoms with E-state index in [1.807, 2.05) is 0 Å². The highest BCUT2D eigenvalue weighted by Gasteiger charge is 2.65. The summed E-state index contributed by atoms with van der Waals surface area (Å²) in [5, 5.41) is 8.54. The molecule has 0 radical (unpaired) electrons. The topological polar surface area (TPSA) is 63.6 Å². The van der Waals surface area contributed by atoms with Gasteiger partial charge in [-0.3, -0.25) is 0 Å². The third-order valence-electron chi connectivity index (χ3n) is 1.82. The summed E-state index contributed by atoms with van der Waals surface area (Å²) >= 11 is 0. The minimum absolute atomic E-state index is 0.363. The number of carbonyl (C=O) groups is 2. The van der Waals surface area contributed by atoms with Crippen LogP contribution < -0.4 is 0 Å². The largest absolute Gasteiger partial charge is 0.479 e. The quantitative estimate of drug-likeness (QED) is 0.618. The maximum Gasteiger partial charge on any atom is 0.465 e. The number of esters is 1. The first kappa shape index (κ1) is 16.6. The zero-order valence-corrected chi connectivity index (χ0v) is 9.42. The van der Waals surface area contributed by atoms with Crippen LogP contribution in [0.15, 0.2) is 0 Å². The highest BCUT2D eigenvalue weighted by molar-refractivity contribution is 5.82. The van der Waals surface area contributed by atoms with Crippen LogP contribution in [-0.4, -0.2) is 35.2 Å². The van der Waals surface area contributed by atoms with E-state index in [0.717, 1.165) is 0 Å². The van der Waals surface area contributed by atoms with E-state index in [4.69, 9.17) is 5.11 Å². The molecular weight excluding hydrogens is 267 g/mol. The van der Waals surface area contributed by atoms with E-state index in [1.54, 1.807) is 0 Å². The molecule has 0 fully saturated rings. The van der Waals surface area contributed by atoms with Gasteiger partial charge in [0.2, 0.25) is 0 Å². The fraction of sp³-hybridized carbons (Fsp3) is 0.778. The van der Waals surface area contributed by atoms with Crippen molar-refractivity contribution in [2.24, 2.45) is 5.92 Å². The summed E-state index contributed by atoms with van der Waals surface area (Å²) < 4.78 is 64.1. The van der Waals surface area contributed by atoms with Crippen molar-refractivity contribution in [3.8, 4) is 0 Å². The molecule has 9 heteroatoms. The fourth-order valence-corrected chi connectivity index (χ4v) is 0.946. The van der Waals surface area contributed by atoms with Gasteiger partial charge in [-0.2, -0.15) is 22.0 Å². The van der Waals surface area contributed by atoms with Crippen molar-refractivity contribution in [3.05, 3.63) is 0 Å². The molecule has 0 aliphatic heterocycles. The smallest absolute Gasteiger partial charge is 0.465 e. The Hall–Kier alpha value is -1.41. The van der Waals surface area contributed by atoms with Gasteiger partial charge in [0.05, 0.1) is 0 Å². The van der Waals surface area contributed by atoms with Crippen LogP contribution in [0.25, 0.3) is 0 Å². The first-order valence-corrected chi connectivity index (χ1v) is 4.78. The Balaban J connectivity index is 4.86. The average molecular weight is 278 g/mol. The lowest BCUT2D eigenvalue weighted by atomic mass is 10.1. The van der Waals surface area contributed by atoms with Crippen molar-refractivity contribution in [2.75, 3.05) is 0 Å². The summed E-state index contributed by atoms with van der Waals surface area (Å²) in [4.78, 5) is 21.2. The van der Waals surface area contributed by atoms with Gasteiger partial charge < -0.3 is 9.84 Å². The molecule has 0 aromatic carbocycles. The molecule has 1 N–H and O–H groups in total. The molecule has 0 aromatic heterocycles. The Labute approximate surface area is 98.7 Å². The molecule has 0 heterocycles. The standard InChI is InChI=1S/C9H11F5O4/c1-4(2)3-5(6(15)16)18-7(17)8(10,11)9(12,13)14/h4-5H,3H2,1-2H3,(H,15,16). The Kier molecular flexibility index (Phi) is 5.06. The molecular formula is C9H11F5O4. The Bertz CT molecular complexity index is 323. The van der Waals surface area contributed by atoms with Crippen molar-refractivity contribution in [1.82, 2.24) is 0 Å². The van der Waals surface area contributed by atoms with Crippen molar-refractivity contribution < 1.29 is 41.4 Å². The number of hydrogen-bond donors (Lipinski definition) is 1. The second-order valence-electron chi connectivity index (χ2n) is 3.93. The predicted octanol–water partition coefficient (Wildman–Crippen LogP) is 2.23. The predicted molar refractivity (Wildman–Crippen MR) is 48.0 cm³/mol. The molecule has 4 nitrogen and oxygen atoms in total. The maximum absolute atomic E-state index is 12.5. The lowest BCUT2D eigenvalue weighted by Gasteiger charge is -2.21. The lowest BCUT2D eigenvalue weighted by Crippen LogP contribution is -2.47. The molecule has 0 spiro atoms. The number of carboxylic acid groups (broad SMARTS) is 1. The minimum Gasteiger partial charge on any atom is -0.479 e. The minimum atomic E-state index is -6.12. The van der Waals surface area contributed by atoms with Gasteiger partial charge in [-0.25, -0.2) is 9.59 Å². The van der Waals surface area contributed by atoms with Crippen LogP contribution in [0.4, 0.5) is 22.0 Å². The van der Waals surface area contributed by atoms with Crippen LogP contribution in [0.5, 0.6) is 0 Å². The number of rotatable bonds is 5. The molecule has 0 saturated heterocycles. The van der Waals surface area contributed by atoms with Gasteiger partial charge in [0.15, 0.2) is 6.10 Å². The van der Waals surface area contributed by atoms with Gasteiger partial charge in [-0.15, -0.1) is 0 Å². The number of alkyl halides is 5. The van der Waals surface area contributed by atoms with Crippen LogP contribution in [0.2, 0.25) is 0 Å². The van der Waals surface area contributed by atoms with Gasteiger partial charge >= 0.3 is 24.0 Å². The summed E-state index contributed by atoms with van der Waals surface area (Å²) in [7, 11) is 0. The third kappa shape index (κ3) is 4.11. The van der Waals surface area contributed by atoms with Gasteiger partial charge in [0.25, 0.3) is 0 Å². The molecule has 18 heavy (non-hydrogen) atoms. The Morgan fingerprint density at radius 3 is 1.89 bits per heavy atom. The summed E-state index contributed by atoms with van der Waals surface area (Å²) in [6, 6.07) is 0. The number of carbonyl (C=O) groups excluding carboxylic acids is 1. The van der Waals surface area contributed by atoms with Crippen LogP contribution in [0.1, 0.15) is 20.3 Å². The molecule has 0 bridgehead atoms. The zero-order chi connectivity index (χ0) is 14.7. The van der Waals surface area contributed by atoms with Gasteiger partial charge in [-0.05, 0) is 12.3 Å². The maximum atomic E-state index is 12.5. The molecule has 1 unspecified atom stereocenters. The molecule has 106 valence electrons. The molecule has 0 rings (SSSR count). The van der Waals surface area contributed by atoms with E-state index in [0.29, 0.717) is 0 Å². The highest BCUT2D eigenvalue weighted by Crippen LogP contribution is 2.36. The number of hydrogen-bond acceptors (Lipinski definition) is 3. The van der Waals surface area contributed by atoms with Crippen LogP contribution in [0.3, 0.4) is 0 Å². The number of aliphatic carboxylic acids is 1. The first-order valence-electron chi connectivity index (χ1n) is 4.78. The monoisotopic (exact) mass is 278 g/mol. The SMILES string of the molecule is CC(C)CC(OC(=O)C(F)(F)C(F)(F)F)C(=O)O. The van der Waals surface area contributed by atoms with Gasteiger partial charge in [0.1, 0.15) is 0 Å². The molecule has 1 atom stereocenters. The summed E-state index contributed by atoms with van der Waals surface area (Å²) in [5.41, 5.74) is 0. The van der Waals surface area contributed by atoms with Crippen molar-refractivity contribution in [2.45, 2.75) is 38.5 Å². The number of carboxylic acids is 1. The zero-order valence-electron chi connectivity index (χ0n) is 9.42. The van der Waals surface area contributed by atoms with Crippen LogP contribution in [-0.2, 0) is 14.3 Å². The Morgan fingerprint density at radius 2 is 1.61 bits per heavy atom. The summed E-state index contributed by atoms with van der Waals surface area (Å²) in [5.74, 6) is -10.8. The normalized spacial score (nSPS) is 14.4. The van der Waals surface area contributed by atoms with E-state index in [-0.39, 0.29) is 12.3 Å². The van der Waals surface area contributed by atoms with Crippen LogP contribution in [0, 0.1) is 5.92 Å². The van der Waals surface area contributed by atoms with E-state index < -0.39 is 30.1 Å². The van der Waals surface area contributed by atoms with Crippen molar-refractivity contribution in [1.29, 1.82) is 0 Å². The number of ether oxygens (including phenoxy) is 1. The van der Waals surface area contributed by atoms with E-state index >= 15 is 0 Å². The van der Waals surface area contributed by atoms with E-state index in [9.17, 15) is 31.5 Å². The molecule has 0 aliphatic carbocycles. The fourth-order valence-electron chi connectivity index (χ4n) is 0.946. The van der Waals surface area contributed by atoms with Crippen LogP contribution >= 0.6 is 0 Å².